The molecule has 1 atom stereocenters. The van der Waals surface area contributed by atoms with Crippen LogP contribution in [0, 0.1) is 0 Å². The second kappa shape index (κ2) is 5.67. The van der Waals surface area contributed by atoms with Gasteiger partial charge < -0.3 is 20.3 Å². The summed E-state index contributed by atoms with van der Waals surface area (Å²) in [6.45, 7) is 4.92. The number of hydrogen-bond acceptors (Lipinski definition) is 4. The summed E-state index contributed by atoms with van der Waals surface area (Å²) in [4.78, 5) is 21.3. The van der Waals surface area contributed by atoms with Crippen molar-refractivity contribution in [3.8, 4) is 0 Å². The van der Waals surface area contributed by atoms with Crippen molar-refractivity contribution < 1.29 is 24.5 Å². The number of ether oxygens (including phenoxy) is 1. The van der Waals surface area contributed by atoms with Crippen molar-refractivity contribution in [3.05, 3.63) is 0 Å². The SMILES string of the molecule is CC(C)(C)OCC(=O)NCC(O)C(=O)O. The van der Waals surface area contributed by atoms with Gasteiger partial charge >= 0.3 is 5.97 Å². The average molecular weight is 219 g/mol. The summed E-state index contributed by atoms with van der Waals surface area (Å²) in [6.07, 6.45) is -1.58. The topological polar surface area (TPSA) is 95.9 Å². The van der Waals surface area contributed by atoms with Crippen LogP contribution in [-0.4, -0.2) is 46.9 Å². The highest BCUT2D eigenvalue weighted by Crippen LogP contribution is 2.05. The molecule has 0 saturated carbocycles. The van der Waals surface area contributed by atoms with Gasteiger partial charge in [0.25, 0.3) is 0 Å². The third-order valence-corrected chi connectivity index (χ3v) is 1.41. The van der Waals surface area contributed by atoms with Crippen LogP contribution in [0.2, 0.25) is 0 Å². The minimum absolute atomic E-state index is 0.157. The van der Waals surface area contributed by atoms with Gasteiger partial charge in [0, 0.05) is 0 Å². The van der Waals surface area contributed by atoms with E-state index in [1.54, 1.807) is 20.8 Å². The number of carboxylic acid groups (broad SMARTS) is 1. The van der Waals surface area contributed by atoms with Gasteiger partial charge in [0.2, 0.25) is 5.91 Å². The first-order valence-corrected chi connectivity index (χ1v) is 4.54. The first-order chi connectivity index (χ1) is 6.72. The van der Waals surface area contributed by atoms with E-state index < -0.39 is 23.6 Å². The zero-order valence-electron chi connectivity index (χ0n) is 9.11. The fraction of sp³-hybridized carbons (Fsp3) is 0.778. The number of carboxylic acids is 1. The fourth-order valence-corrected chi connectivity index (χ4v) is 0.631. The number of amides is 1. The Morgan fingerprint density at radius 2 is 1.93 bits per heavy atom. The maximum atomic E-state index is 11.1. The molecule has 1 unspecified atom stereocenters. The third-order valence-electron chi connectivity index (χ3n) is 1.41. The Balaban J connectivity index is 3.72. The van der Waals surface area contributed by atoms with Gasteiger partial charge in [-0.2, -0.15) is 0 Å². The average Bonchev–Trinajstić information content (AvgIpc) is 2.09. The summed E-state index contributed by atoms with van der Waals surface area (Å²) < 4.78 is 5.14. The van der Waals surface area contributed by atoms with E-state index in [4.69, 9.17) is 14.9 Å². The lowest BCUT2D eigenvalue weighted by Crippen LogP contribution is -2.39. The van der Waals surface area contributed by atoms with Gasteiger partial charge in [0.1, 0.15) is 6.61 Å². The van der Waals surface area contributed by atoms with Crippen molar-refractivity contribution in [2.75, 3.05) is 13.2 Å². The minimum atomic E-state index is -1.58. The standard InChI is InChI=1S/C9H17NO5/c1-9(2,3)15-5-7(12)10-4-6(11)8(13)14/h6,11H,4-5H2,1-3H3,(H,10,12)(H,13,14). The molecule has 88 valence electrons. The third kappa shape index (κ3) is 7.90. The number of aliphatic hydroxyl groups excluding tert-OH is 1. The second-order valence-electron chi connectivity index (χ2n) is 4.06. The van der Waals surface area contributed by atoms with E-state index in [0.29, 0.717) is 0 Å². The lowest BCUT2D eigenvalue weighted by atomic mass is 10.2. The van der Waals surface area contributed by atoms with E-state index in [9.17, 15) is 9.59 Å². The van der Waals surface area contributed by atoms with Crippen molar-refractivity contribution in [1.82, 2.24) is 5.32 Å². The summed E-state index contributed by atoms with van der Waals surface area (Å²) in [6, 6.07) is 0. The van der Waals surface area contributed by atoms with Crippen LogP contribution in [0.4, 0.5) is 0 Å². The minimum Gasteiger partial charge on any atom is -0.479 e. The Morgan fingerprint density at radius 3 is 2.33 bits per heavy atom. The monoisotopic (exact) mass is 219 g/mol. The highest BCUT2D eigenvalue weighted by atomic mass is 16.5. The molecule has 0 radical (unpaired) electrons. The quantitative estimate of drug-likeness (QED) is 0.571. The molecule has 0 aromatic heterocycles. The number of rotatable bonds is 5. The van der Waals surface area contributed by atoms with Crippen molar-refractivity contribution in [2.45, 2.75) is 32.5 Å². The fourth-order valence-electron chi connectivity index (χ4n) is 0.631. The van der Waals surface area contributed by atoms with E-state index in [2.05, 4.69) is 5.32 Å². The number of aliphatic hydroxyl groups is 1. The van der Waals surface area contributed by atoms with Crippen LogP contribution in [0.3, 0.4) is 0 Å². The molecule has 0 fully saturated rings. The van der Waals surface area contributed by atoms with E-state index in [0.717, 1.165) is 0 Å². The zero-order chi connectivity index (χ0) is 12.1. The first kappa shape index (κ1) is 13.9. The Kier molecular flexibility index (Phi) is 5.24. The summed E-state index contributed by atoms with van der Waals surface area (Å²) >= 11 is 0. The molecule has 0 bridgehead atoms. The molecule has 15 heavy (non-hydrogen) atoms. The van der Waals surface area contributed by atoms with Crippen molar-refractivity contribution in [1.29, 1.82) is 0 Å². The predicted octanol–water partition coefficient (Wildman–Crippen LogP) is -0.637. The number of aliphatic carboxylic acids is 1. The molecular formula is C9H17NO5. The van der Waals surface area contributed by atoms with Crippen molar-refractivity contribution in [2.24, 2.45) is 0 Å². The van der Waals surface area contributed by atoms with Gasteiger partial charge in [-0.25, -0.2) is 4.79 Å². The van der Waals surface area contributed by atoms with Crippen LogP contribution in [-0.2, 0) is 14.3 Å². The molecule has 0 rings (SSSR count). The molecule has 0 spiro atoms. The summed E-state index contributed by atoms with van der Waals surface area (Å²) in [5, 5.41) is 19.4. The Labute approximate surface area is 88.2 Å². The van der Waals surface area contributed by atoms with Crippen LogP contribution in [0.1, 0.15) is 20.8 Å². The van der Waals surface area contributed by atoms with Gasteiger partial charge in [-0.05, 0) is 20.8 Å². The molecule has 0 aromatic carbocycles. The number of carbonyl (C=O) groups excluding carboxylic acids is 1. The summed E-state index contributed by atoms with van der Waals surface area (Å²) in [7, 11) is 0. The molecular weight excluding hydrogens is 202 g/mol. The largest absolute Gasteiger partial charge is 0.479 e. The van der Waals surface area contributed by atoms with Crippen molar-refractivity contribution >= 4 is 11.9 Å². The van der Waals surface area contributed by atoms with Gasteiger partial charge in [0.05, 0.1) is 12.1 Å². The first-order valence-electron chi connectivity index (χ1n) is 4.54. The summed E-state index contributed by atoms with van der Waals surface area (Å²) in [5.41, 5.74) is -0.428. The van der Waals surface area contributed by atoms with Crippen molar-refractivity contribution in [3.63, 3.8) is 0 Å². The second-order valence-corrected chi connectivity index (χ2v) is 4.06. The highest BCUT2D eigenvalue weighted by Gasteiger charge is 2.16. The van der Waals surface area contributed by atoms with E-state index in [1.165, 1.54) is 0 Å². The van der Waals surface area contributed by atoms with E-state index in [-0.39, 0.29) is 13.2 Å². The van der Waals surface area contributed by atoms with Gasteiger partial charge in [-0.15, -0.1) is 0 Å². The highest BCUT2D eigenvalue weighted by molar-refractivity contribution is 5.78. The molecule has 0 heterocycles. The smallest absolute Gasteiger partial charge is 0.334 e. The molecule has 0 aromatic rings. The van der Waals surface area contributed by atoms with E-state index >= 15 is 0 Å². The van der Waals surface area contributed by atoms with Gasteiger partial charge in [-0.1, -0.05) is 0 Å². The predicted molar refractivity (Wildman–Crippen MR) is 52.4 cm³/mol. The number of carbonyl (C=O) groups is 2. The maximum Gasteiger partial charge on any atom is 0.334 e. The molecule has 0 aliphatic rings. The lowest BCUT2D eigenvalue weighted by molar-refractivity contribution is -0.146. The molecule has 0 aliphatic heterocycles. The van der Waals surface area contributed by atoms with Crippen LogP contribution in [0.5, 0.6) is 0 Å². The van der Waals surface area contributed by atoms with Crippen LogP contribution >= 0.6 is 0 Å². The molecule has 0 aliphatic carbocycles. The Morgan fingerprint density at radius 1 is 1.40 bits per heavy atom. The summed E-state index contributed by atoms with van der Waals surface area (Å²) in [5.74, 6) is -1.82. The molecule has 1 amide bonds. The lowest BCUT2D eigenvalue weighted by Gasteiger charge is -2.19. The molecule has 3 N–H and O–H groups in total. The van der Waals surface area contributed by atoms with Gasteiger partial charge in [-0.3, -0.25) is 4.79 Å². The Hall–Kier alpha value is -1.14. The Bertz CT molecular complexity index is 233. The van der Waals surface area contributed by atoms with Crippen LogP contribution in [0.15, 0.2) is 0 Å². The van der Waals surface area contributed by atoms with E-state index in [1.807, 2.05) is 0 Å². The molecule has 6 nitrogen and oxygen atoms in total. The molecule has 0 saturated heterocycles. The number of nitrogens with one attached hydrogen (secondary N) is 1. The van der Waals surface area contributed by atoms with Crippen LogP contribution < -0.4 is 5.32 Å². The van der Waals surface area contributed by atoms with Gasteiger partial charge in [0.15, 0.2) is 6.10 Å². The number of hydrogen-bond donors (Lipinski definition) is 3. The normalized spacial score (nSPS) is 13.3. The maximum absolute atomic E-state index is 11.1. The zero-order valence-corrected chi connectivity index (χ0v) is 9.11. The molecule has 6 heteroatoms. The van der Waals surface area contributed by atoms with Crippen LogP contribution in [0.25, 0.3) is 0 Å².